The first kappa shape index (κ1) is 23.8. The molecule has 0 amide bonds. The normalized spacial score (nSPS) is 27.1. The molecule has 2 fully saturated rings. The summed E-state index contributed by atoms with van der Waals surface area (Å²) in [5, 5.41) is 0.584. The van der Waals surface area contributed by atoms with Gasteiger partial charge in [0.25, 0.3) is 0 Å². The van der Waals surface area contributed by atoms with Gasteiger partial charge in [-0.05, 0) is 55.1 Å². The minimum absolute atomic E-state index is 0.321. The highest BCUT2D eigenvalue weighted by Crippen LogP contribution is 2.70. The van der Waals surface area contributed by atoms with Gasteiger partial charge in [-0.25, -0.2) is 0 Å². The fourth-order valence-corrected chi connectivity index (χ4v) is 7.51. The maximum absolute atomic E-state index is 6.87. The van der Waals surface area contributed by atoms with E-state index in [9.17, 15) is 0 Å². The topological polar surface area (TPSA) is 24.9 Å². The lowest BCUT2D eigenvalue weighted by molar-refractivity contribution is -0.116. The van der Waals surface area contributed by atoms with E-state index in [1.54, 1.807) is 0 Å². The molecule has 186 valence electrons. The van der Waals surface area contributed by atoms with Gasteiger partial charge in [-0.1, -0.05) is 79.8 Å². The maximum atomic E-state index is 6.87. The van der Waals surface area contributed by atoms with Gasteiger partial charge >= 0.3 is 0 Å². The van der Waals surface area contributed by atoms with E-state index in [1.807, 2.05) is 6.92 Å². The van der Waals surface area contributed by atoms with E-state index >= 15 is 0 Å². The van der Waals surface area contributed by atoms with Crippen molar-refractivity contribution in [3.8, 4) is 0 Å². The summed E-state index contributed by atoms with van der Waals surface area (Å²) >= 11 is 12.2. The lowest BCUT2D eigenvalue weighted by Crippen LogP contribution is -2.69. The van der Waals surface area contributed by atoms with E-state index in [1.165, 1.54) is 29.6 Å². The molecule has 0 bridgehead atoms. The van der Waals surface area contributed by atoms with E-state index in [-0.39, 0.29) is 5.41 Å². The van der Waals surface area contributed by atoms with Gasteiger partial charge in [0.2, 0.25) is 0 Å². The smallest absolute Gasteiger partial charge is 0.189 e. The summed E-state index contributed by atoms with van der Waals surface area (Å²) in [6.07, 6.45) is 3.11. The molecule has 6 heteroatoms. The third-order valence-electron chi connectivity index (χ3n) is 8.22. The van der Waals surface area contributed by atoms with Crippen LogP contribution in [0.3, 0.4) is 0 Å². The summed E-state index contributed by atoms with van der Waals surface area (Å²) in [6.45, 7) is 8.33. The molecule has 6 rings (SSSR count). The Hall–Kier alpha value is -2.54. The lowest BCUT2D eigenvalue weighted by Gasteiger charge is -2.64. The quantitative estimate of drug-likeness (QED) is 0.446. The average molecular weight is 517 g/mol. The minimum atomic E-state index is -0.617. The predicted molar refractivity (Wildman–Crippen MR) is 152 cm³/mol. The first-order chi connectivity index (χ1) is 17.5. The second-order valence-electron chi connectivity index (χ2n) is 10.2. The fraction of sp³-hybridized carbons (Fsp3) is 0.400. The van der Waals surface area contributed by atoms with Crippen LogP contribution in [0.1, 0.15) is 44.2 Å². The number of thiocarbonyl (C=S) groups is 2. The van der Waals surface area contributed by atoms with Crippen molar-refractivity contribution < 1.29 is 9.47 Å². The number of nitrogens with zero attached hydrogens (tertiary/aromatic N) is 2. The molecule has 0 saturated carbocycles. The SMILES string of the molecule is CCOC(=S)C1=C(c2ccccc2)N2CCOC23C(C(=S)N2CCCC2)=C(c2ccccc2)C3(C)C1. The molecule has 4 nitrogen and oxygen atoms in total. The molecular formula is C30H32N2O2S2. The second-order valence-corrected chi connectivity index (χ2v) is 10.9. The van der Waals surface area contributed by atoms with Crippen LogP contribution in [0.2, 0.25) is 0 Å². The van der Waals surface area contributed by atoms with E-state index in [2.05, 4.69) is 77.4 Å². The number of benzene rings is 2. The van der Waals surface area contributed by atoms with Crippen LogP contribution in [-0.2, 0) is 9.47 Å². The number of hydrogen-bond donors (Lipinski definition) is 0. The molecule has 0 aromatic heterocycles. The molecule has 4 aliphatic rings. The highest BCUT2D eigenvalue weighted by atomic mass is 32.1. The van der Waals surface area contributed by atoms with Crippen molar-refractivity contribution in [1.29, 1.82) is 0 Å². The van der Waals surface area contributed by atoms with E-state index in [4.69, 9.17) is 33.9 Å². The molecule has 0 N–H and O–H groups in total. The predicted octanol–water partition coefficient (Wildman–Crippen LogP) is 6.09. The monoisotopic (exact) mass is 516 g/mol. The third kappa shape index (κ3) is 3.27. The van der Waals surface area contributed by atoms with Gasteiger partial charge in [0.05, 0.1) is 24.3 Å². The van der Waals surface area contributed by atoms with Crippen LogP contribution in [0.4, 0.5) is 0 Å². The zero-order valence-electron chi connectivity index (χ0n) is 21.0. The Morgan fingerprint density at radius 3 is 2.22 bits per heavy atom. The molecule has 1 aliphatic carbocycles. The van der Waals surface area contributed by atoms with Crippen molar-refractivity contribution in [1.82, 2.24) is 9.80 Å². The average Bonchev–Trinajstić information content (AvgIpc) is 3.59. The van der Waals surface area contributed by atoms with E-state index in [0.717, 1.165) is 47.9 Å². The third-order valence-corrected chi connectivity index (χ3v) is 9.05. The van der Waals surface area contributed by atoms with Gasteiger partial charge in [0.15, 0.2) is 10.8 Å². The molecule has 2 unspecified atom stereocenters. The van der Waals surface area contributed by atoms with Crippen molar-refractivity contribution in [2.75, 3.05) is 32.8 Å². The summed E-state index contributed by atoms with van der Waals surface area (Å²) in [4.78, 5) is 5.78. The molecule has 3 heterocycles. The number of ether oxygens (including phenoxy) is 2. The van der Waals surface area contributed by atoms with Crippen LogP contribution in [0.5, 0.6) is 0 Å². The lowest BCUT2D eigenvalue weighted by atomic mass is 9.51. The Morgan fingerprint density at radius 2 is 1.58 bits per heavy atom. The van der Waals surface area contributed by atoms with Crippen LogP contribution in [0.25, 0.3) is 11.3 Å². The molecule has 1 spiro atoms. The number of likely N-dealkylation sites (tertiary alicyclic amines) is 1. The van der Waals surface area contributed by atoms with Crippen molar-refractivity contribution >= 4 is 45.7 Å². The number of hydrogen-bond acceptors (Lipinski definition) is 5. The maximum Gasteiger partial charge on any atom is 0.189 e. The highest BCUT2D eigenvalue weighted by Gasteiger charge is 2.72. The Morgan fingerprint density at radius 1 is 0.944 bits per heavy atom. The molecule has 2 aromatic carbocycles. The summed E-state index contributed by atoms with van der Waals surface area (Å²) < 4.78 is 12.9. The highest BCUT2D eigenvalue weighted by molar-refractivity contribution is 7.80. The van der Waals surface area contributed by atoms with Crippen LogP contribution in [0, 0.1) is 5.41 Å². The van der Waals surface area contributed by atoms with Crippen LogP contribution >= 0.6 is 24.4 Å². The van der Waals surface area contributed by atoms with Gasteiger partial charge in [0, 0.05) is 30.8 Å². The summed E-state index contributed by atoms with van der Waals surface area (Å²) in [7, 11) is 0. The van der Waals surface area contributed by atoms with Crippen LogP contribution < -0.4 is 0 Å². The zero-order chi connectivity index (χ0) is 24.9. The van der Waals surface area contributed by atoms with Crippen molar-refractivity contribution in [2.24, 2.45) is 5.41 Å². The van der Waals surface area contributed by atoms with Gasteiger partial charge < -0.3 is 19.3 Å². The fourth-order valence-electron chi connectivity index (χ4n) is 6.80. The van der Waals surface area contributed by atoms with Crippen molar-refractivity contribution in [3.05, 3.63) is 82.9 Å². The van der Waals surface area contributed by atoms with Gasteiger partial charge in [0.1, 0.15) is 4.99 Å². The standard InChI is InChI=1S/C30H32N2O2S2/c1-3-33-28(36)23-20-29(2)24(21-12-6-4-7-13-21)25(27(35)31-16-10-11-17-31)30(29)32(18-19-34-30)26(23)22-14-8-5-9-15-22/h4-9,12-15H,3,10-11,16-20H2,1-2H3. The Labute approximate surface area is 224 Å². The van der Waals surface area contributed by atoms with Gasteiger partial charge in [-0.2, -0.15) is 0 Å². The molecule has 2 saturated heterocycles. The van der Waals surface area contributed by atoms with Crippen molar-refractivity contribution in [2.45, 2.75) is 38.8 Å². The molecule has 2 aromatic rings. The second kappa shape index (κ2) is 9.09. The molecule has 3 aliphatic heterocycles. The van der Waals surface area contributed by atoms with E-state index < -0.39 is 5.72 Å². The summed E-state index contributed by atoms with van der Waals surface area (Å²) in [5.41, 5.74) is 6.08. The Bertz CT molecular complexity index is 1270. The molecular weight excluding hydrogens is 484 g/mol. The largest absolute Gasteiger partial charge is 0.483 e. The number of rotatable bonds is 5. The van der Waals surface area contributed by atoms with Gasteiger partial charge in [-0.3, -0.25) is 0 Å². The summed E-state index contributed by atoms with van der Waals surface area (Å²) in [6, 6.07) is 21.3. The van der Waals surface area contributed by atoms with Crippen LogP contribution in [-0.4, -0.2) is 58.4 Å². The molecule has 36 heavy (non-hydrogen) atoms. The first-order valence-electron chi connectivity index (χ1n) is 13.0. The first-order valence-corrected chi connectivity index (χ1v) is 13.8. The van der Waals surface area contributed by atoms with Gasteiger partial charge in [-0.15, -0.1) is 0 Å². The summed E-state index contributed by atoms with van der Waals surface area (Å²) in [5.74, 6) is 0. The molecule has 0 radical (unpaired) electrons. The Balaban J connectivity index is 1.59. The van der Waals surface area contributed by atoms with E-state index in [0.29, 0.717) is 18.3 Å². The minimum Gasteiger partial charge on any atom is -0.483 e. The Kier molecular flexibility index (Phi) is 6.02. The molecule has 2 atom stereocenters. The zero-order valence-corrected chi connectivity index (χ0v) is 22.6. The van der Waals surface area contributed by atoms with Crippen molar-refractivity contribution in [3.63, 3.8) is 0 Å². The van der Waals surface area contributed by atoms with Crippen LogP contribution in [0.15, 0.2) is 71.8 Å².